The summed E-state index contributed by atoms with van der Waals surface area (Å²) in [4.78, 5) is 23.2. The Bertz CT molecular complexity index is 643. The van der Waals surface area contributed by atoms with Crippen LogP contribution in [-0.2, 0) is 14.3 Å². The third-order valence-corrected chi connectivity index (χ3v) is 3.43. The van der Waals surface area contributed by atoms with Crippen LogP contribution in [0.2, 0.25) is 5.02 Å². The first-order valence-corrected chi connectivity index (χ1v) is 6.82. The quantitative estimate of drug-likeness (QED) is 0.626. The molecule has 4 nitrogen and oxygen atoms in total. The summed E-state index contributed by atoms with van der Waals surface area (Å²) in [5, 5.41) is 0.604. The summed E-state index contributed by atoms with van der Waals surface area (Å²) >= 11 is 5.88. The number of methoxy groups -OCH3 is 1. The van der Waals surface area contributed by atoms with Crippen molar-refractivity contribution in [2.24, 2.45) is 0 Å². The Morgan fingerprint density at radius 1 is 1.19 bits per heavy atom. The van der Waals surface area contributed by atoms with Crippen LogP contribution >= 0.6 is 11.6 Å². The average Bonchev–Trinajstić information content (AvgIpc) is 2.91. The predicted octanol–water partition coefficient (Wildman–Crippen LogP) is 3.51. The third kappa shape index (κ3) is 3.73. The van der Waals surface area contributed by atoms with Gasteiger partial charge < -0.3 is 9.15 Å². The van der Waals surface area contributed by atoms with Crippen molar-refractivity contribution in [1.82, 2.24) is 0 Å². The van der Waals surface area contributed by atoms with Crippen molar-refractivity contribution >= 4 is 23.4 Å². The van der Waals surface area contributed by atoms with E-state index in [-0.39, 0.29) is 12.3 Å². The van der Waals surface area contributed by atoms with Gasteiger partial charge in [-0.1, -0.05) is 23.7 Å². The fourth-order valence-corrected chi connectivity index (χ4v) is 2.23. The fraction of sp³-hybridized carbons (Fsp3) is 0.250. The predicted molar refractivity (Wildman–Crippen MR) is 78.4 cm³/mol. The van der Waals surface area contributed by atoms with Gasteiger partial charge in [-0.25, -0.2) is 4.79 Å². The summed E-state index contributed by atoms with van der Waals surface area (Å²) in [6.45, 7) is 1.82. The van der Waals surface area contributed by atoms with Gasteiger partial charge in [0.2, 0.25) is 5.78 Å². The van der Waals surface area contributed by atoms with Gasteiger partial charge in [0.05, 0.1) is 7.11 Å². The monoisotopic (exact) mass is 306 g/mol. The van der Waals surface area contributed by atoms with E-state index in [4.69, 9.17) is 16.0 Å². The molecule has 5 heteroatoms. The third-order valence-electron chi connectivity index (χ3n) is 3.18. The molecule has 0 bridgehead atoms. The average molecular weight is 307 g/mol. The molecule has 0 fully saturated rings. The smallest absolute Gasteiger partial charge is 0.374 e. The molecule has 0 aliphatic carbocycles. The number of benzene rings is 1. The molecular weight excluding hydrogens is 292 g/mol. The van der Waals surface area contributed by atoms with E-state index in [1.165, 1.54) is 7.11 Å². The number of rotatable bonds is 5. The van der Waals surface area contributed by atoms with Crippen molar-refractivity contribution in [1.29, 1.82) is 0 Å². The Morgan fingerprint density at radius 2 is 1.86 bits per heavy atom. The number of furan rings is 1. The number of esters is 1. The lowest BCUT2D eigenvalue weighted by atomic mass is 9.91. The SMILES string of the molecule is COC(=O)C(=O)CC(c1ccc(Cl)cc1)c1ccc(C)o1. The van der Waals surface area contributed by atoms with Crippen LogP contribution in [0.15, 0.2) is 40.8 Å². The van der Waals surface area contributed by atoms with Crippen LogP contribution in [0.5, 0.6) is 0 Å². The molecule has 21 heavy (non-hydrogen) atoms. The number of carbonyl (C=O) groups is 2. The fourth-order valence-electron chi connectivity index (χ4n) is 2.10. The van der Waals surface area contributed by atoms with Crippen LogP contribution in [0.1, 0.15) is 29.4 Å². The molecule has 1 heterocycles. The zero-order valence-corrected chi connectivity index (χ0v) is 12.5. The normalized spacial score (nSPS) is 12.0. The Labute approximate surface area is 127 Å². The Morgan fingerprint density at radius 3 is 2.38 bits per heavy atom. The lowest BCUT2D eigenvalue weighted by Crippen LogP contribution is -2.18. The molecule has 0 N–H and O–H groups in total. The minimum Gasteiger partial charge on any atom is -0.466 e. The van der Waals surface area contributed by atoms with Gasteiger partial charge in [-0.3, -0.25) is 4.79 Å². The van der Waals surface area contributed by atoms with E-state index >= 15 is 0 Å². The maximum absolute atomic E-state index is 11.9. The molecule has 0 radical (unpaired) electrons. The van der Waals surface area contributed by atoms with Crippen molar-refractivity contribution < 1.29 is 18.7 Å². The molecule has 1 aromatic carbocycles. The largest absolute Gasteiger partial charge is 0.466 e. The topological polar surface area (TPSA) is 56.5 Å². The molecule has 0 aliphatic heterocycles. The van der Waals surface area contributed by atoms with Gasteiger partial charge in [0.25, 0.3) is 0 Å². The van der Waals surface area contributed by atoms with Gasteiger partial charge in [-0.05, 0) is 36.8 Å². The van der Waals surface area contributed by atoms with Crippen molar-refractivity contribution in [3.8, 4) is 0 Å². The zero-order valence-electron chi connectivity index (χ0n) is 11.8. The van der Waals surface area contributed by atoms with Gasteiger partial charge >= 0.3 is 5.97 Å². The van der Waals surface area contributed by atoms with Gasteiger partial charge in [-0.15, -0.1) is 0 Å². The number of hydrogen-bond acceptors (Lipinski definition) is 4. The summed E-state index contributed by atoms with van der Waals surface area (Å²) in [6.07, 6.45) is -0.0126. The Balaban J connectivity index is 2.32. The van der Waals surface area contributed by atoms with Crippen LogP contribution < -0.4 is 0 Å². The lowest BCUT2D eigenvalue weighted by Gasteiger charge is -2.14. The second-order valence-corrected chi connectivity index (χ2v) is 5.11. The number of hydrogen-bond donors (Lipinski definition) is 0. The van der Waals surface area contributed by atoms with Gasteiger partial charge in [0.15, 0.2) is 0 Å². The minimum absolute atomic E-state index is 0.0126. The molecule has 0 spiro atoms. The highest BCUT2D eigenvalue weighted by Crippen LogP contribution is 2.30. The molecule has 2 aromatic rings. The van der Waals surface area contributed by atoms with E-state index in [2.05, 4.69) is 4.74 Å². The van der Waals surface area contributed by atoms with Crippen molar-refractivity contribution in [2.75, 3.05) is 7.11 Å². The highest BCUT2D eigenvalue weighted by Gasteiger charge is 2.25. The standard InChI is InChI=1S/C16H15ClO4/c1-10-3-8-15(21-10)13(9-14(18)16(19)20-2)11-4-6-12(17)7-5-11/h3-8,13H,9H2,1-2H3. The van der Waals surface area contributed by atoms with Gasteiger partial charge in [-0.2, -0.15) is 0 Å². The van der Waals surface area contributed by atoms with E-state index < -0.39 is 11.8 Å². The number of ketones is 1. The van der Waals surface area contributed by atoms with Gasteiger partial charge in [0.1, 0.15) is 11.5 Å². The number of carbonyl (C=O) groups excluding carboxylic acids is 2. The summed E-state index contributed by atoms with van der Waals surface area (Å²) in [7, 11) is 1.19. The molecular formula is C16H15ClO4. The molecule has 1 unspecified atom stereocenters. The highest BCUT2D eigenvalue weighted by atomic mass is 35.5. The zero-order chi connectivity index (χ0) is 15.4. The Hall–Kier alpha value is -2.07. The van der Waals surface area contributed by atoms with Crippen LogP contribution in [0.3, 0.4) is 0 Å². The van der Waals surface area contributed by atoms with E-state index in [1.807, 2.05) is 25.1 Å². The molecule has 0 saturated carbocycles. The number of Topliss-reactive ketones (excluding diaryl/α,β-unsaturated/α-hetero) is 1. The van der Waals surface area contributed by atoms with Gasteiger partial charge in [0, 0.05) is 17.4 Å². The summed E-state index contributed by atoms with van der Waals surface area (Å²) in [6, 6.07) is 10.7. The summed E-state index contributed by atoms with van der Waals surface area (Å²) in [5.41, 5.74) is 0.853. The van der Waals surface area contributed by atoms with Crippen LogP contribution in [0, 0.1) is 6.92 Å². The van der Waals surface area contributed by atoms with Crippen molar-refractivity contribution in [3.05, 3.63) is 58.5 Å². The van der Waals surface area contributed by atoms with Crippen LogP contribution in [0.4, 0.5) is 0 Å². The maximum Gasteiger partial charge on any atom is 0.374 e. The lowest BCUT2D eigenvalue weighted by molar-refractivity contribution is -0.151. The molecule has 0 saturated heterocycles. The highest BCUT2D eigenvalue weighted by molar-refractivity contribution is 6.33. The first-order valence-electron chi connectivity index (χ1n) is 6.44. The van der Waals surface area contributed by atoms with Crippen molar-refractivity contribution in [2.45, 2.75) is 19.3 Å². The van der Waals surface area contributed by atoms with E-state index in [0.29, 0.717) is 10.8 Å². The second kappa shape index (κ2) is 6.59. The van der Waals surface area contributed by atoms with Crippen LogP contribution in [0.25, 0.3) is 0 Å². The molecule has 2 rings (SSSR count). The maximum atomic E-state index is 11.9. The minimum atomic E-state index is -0.850. The summed E-state index contributed by atoms with van der Waals surface area (Å²) in [5.74, 6) is -0.409. The molecule has 0 aliphatic rings. The molecule has 0 amide bonds. The summed E-state index contributed by atoms with van der Waals surface area (Å²) < 4.78 is 10.1. The number of halogens is 1. The number of ether oxygens (including phenoxy) is 1. The van der Waals surface area contributed by atoms with Crippen molar-refractivity contribution in [3.63, 3.8) is 0 Å². The van der Waals surface area contributed by atoms with E-state index in [1.54, 1.807) is 18.2 Å². The molecule has 110 valence electrons. The first-order chi connectivity index (χ1) is 10.0. The Kier molecular flexibility index (Phi) is 4.81. The second-order valence-electron chi connectivity index (χ2n) is 4.67. The number of aryl methyl sites for hydroxylation is 1. The van der Waals surface area contributed by atoms with E-state index in [0.717, 1.165) is 11.3 Å². The van der Waals surface area contributed by atoms with E-state index in [9.17, 15) is 9.59 Å². The first kappa shape index (κ1) is 15.3. The molecule has 1 atom stereocenters. The van der Waals surface area contributed by atoms with Crippen LogP contribution in [-0.4, -0.2) is 18.9 Å². The molecule has 1 aromatic heterocycles.